The molecule has 4 rings (SSSR count). The van der Waals surface area contributed by atoms with Gasteiger partial charge in [0.1, 0.15) is 0 Å². The van der Waals surface area contributed by atoms with E-state index in [1.807, 2.05) is 18.2 Å². The maximum absolute atomic E-state index is 12.4. The average molecular weight is 580 g/mol. The largest absolute Gasteiger partial charge is 0.355 e. The Bertz CT molecular complexity index is 1280. The summed E-state index contributed by atoms with van der Waals surface area (Å²) in [5.74, 6) is 0.0568. The Morgan fingerprint density at radius 3 is 2.03 bits per heavy atom. The van der Waals surface area contributed by atoms with Crippen LogP contribution in [0.25, 0.3) is 11.1 Å². The maximum Gasteiger partial charge on any atom is 0.238 e. The SMILES string of the molecule is Cl.Cl.NS(=O)(=O)c1ccc(CNCc2cccc(-c3cccc(CC(=O)NCCN4CCCC4)c3)c2)cc1. The topological polar surface area (TPSA) is 105 Å². The molecule has 4 N–H and O–H groups in total. The standard InChI is InChI=1S/C28H34N4O3S.2ClH/c29-36(34,35)27-11-9-22(10-12-27)20-30-21-24-6-4-8-26(18-24)25-7-3-5-23(17-25)19-28(33)31-13-16-32-14-1-2-15-32;;/h3-12,17-18,30H,1-2,13-16,19-21H2,(H,31,33)(H2,29,34,35);2*1H. The van der Waals surface area contributed by atoms with E-state index in [1.165, 1.54) is 25.0 Å². The molecule has 1 aliphatic heterocycles. The lowest BCUT2D eigenvalue weighted by molar-refractivity contribution is -0.120. The van der Waals surface area contributed by atoms with E-state index in [-0.39, 0.29) is 35.6 Å². The van der Waals surface area contributed by atoms with Gasteiger partial charge in [-0.2, -0.15) is 0 Å². The zero-order chi connectivity index (χ0) is 25.4. The highest BCUT2D eigenvalue weighted by molar-refractivity contribution is 7.89. The van der Waals surface area contributed by atoms with E-state index in [0.29, 0.717) is 26.1 Å². The summed E-state index contributed by atoms with van der Waals surface area (Å²) >= 11 is 0. The molecule has 0 aliphatic carbocycles. The molecule has 0 radical (unpaired) electrons. The van der Waals surface area contributed by atoms with Crippen molar-refractivity contribution in [2.24, 2.45) is 5.14 Å². The van der Waals surface area contributed by atoms with E-state index in [0.717, 1.165) is 47.5 Å². The van der Waals surface area contributed by atoms with Crippen LogP contribution in [0.1, 0.15) is 29.5 Å². The highest BCUT2D eigenvalue weighted by atomic mass is 35.5. The van der Waals surface area contributed by atoms with Crippen molar-refractivity contribution in [1.29, 1.82) is 0 Å². The van der Waals surface area contributed by atoms with Crippen molar-refractivity contribution in [1.82, 2.24) is 15.5 Å². The van der Waals surface area contributed by atoms with Crippen LogP contribution in [-0.2, 0) is 34.3 Å². The van der Waals surface area contributed by atoms with E-state index in [1.54, 1.807) is 12.1 Å². The quantitative estimate of drug-likeness (QED) is 0.320. The van der Waals surface area contributed by atoms with Crippen molar-refractivity contribution < 1.29 is 13.2 Å². The summed E-state index contributed by atoms with van der Waals surface area (Å²) in [4.78, 5) is 14.9. The van der Waals surface area contributed by atoms with E-state index in [2.05, 4.69) is 45.9 Å². The van der Waals surface area contributed by atoms with Gasteiger partial charge in [0, 0.05) is 26.2 Å². The number of likely N-dealkylation sites (tertiary alicyclic amines) is 1. The molecule has 38 heavy (non-hydrogen) atoms. The molecule has 0 aromatic heterocycles. The number of primary sulfonamides is 1. The predicted molar refractivity (Wildman–Crippen MR) is 157 cm³/mol. The number of sulfonamides is 1. The third kappa shape index (κ3) is 9.69. The van der Waals surface area contributed by atoms with Gasteiger partial charge in [-0.15, -0.1) is 24.8 Å². The fourth-order valence-corrected chi connectivity index (χ4v) is 4.99. The number of nitrogens with one attached hydrogen (secondary N) is 2. The van der Waals surface area contributed by atoms with Crippen molar-refractivity contribution in [2.45, 2.75) is 37.2 Å². The summed E-state index contributed by atoms with van der Waals surface area (Å²) < 4.78 is 22.8. The monoisotopic (exact) mass is 578 g/mol. The van der Waals surface area contributed by atoms with Crippen LogP contribution in [0, 0.1) is 0 Å². The van der Waals surface area contributed by atoms with Gasteiger partial charge in [0.05, 0.1) is 11.3 Å². The summed E-state index contributed by atoms with van der Waals surface area (Å²) in [7, 11) is -3.68. The minimum Gasteiger partial charge on any atom is -0.355 e. The summed E-state index contributed by atoms with van der Waals surface area (Å²) in [6.45, 7) is 5.18. The first-order valence-corrected chi connectivity index (χ1v) is 13.9. The Morgan fingerprint density at radius 1 is 0.816 bits per heavy atom. The third-order valence-electron chi connectivity index (χ3n) is 6.41. The van der Waals surface area contributed by atoms with E-state index < -0.39 is 10.0 Å². The first-order chi connectivity index (χ1) is 17.4. The molecule has 1 saturated heterocycles. The lowest BCUT2D eigenvalue weighted by Gasteiger charge is -2.14. The number of halogens is 2. The molecule has 0 unspecified atom stereocenters. The van der Waals surface area contributed by atoms with Crippen LogP contribution in [0.4, 0.5) is 0 Å². The molecule has 3 aromatic rings. The Labute approximate surface area is 238 Å². The van der Waals surface area contributed by atoms with Gasteiger partial charge in [0.2, 0.25) is 15.9 Å². The van der Waals surface area contributed by atoms with Crippen LogP contribution in [0.2, 0.25) is 0 Å². The van der Waals surface area contributed by atoms with Crippen LogP contribution < -0.4 is 15.8 Å². The Hall–Kier alpha value is -2.46. The van der Waals surface area contributed by atoms with Gasteiger partial charge in [-0.05, 0) is 71.9 Å². The minimum atomic E-state index is -3.68. The van der Waals surface area contributed by atoms with Gasteiger partial charge >= 0.3 is 0 Å². The van der Waals surface area contributed by atoms with E-state index >= 15 is 0 Å². The number of rotatable bonds is 11. The molecular weight excluding hydrogens is 543 g/mol. The Kier molecular flexibility index (Phi) is 12.7. The van der Waals surface area contributed by atoms with Crippen molar-refractivity contribution in [2.75, 3.05) is 26.2 Å². The summed E-state index contributed by atoms with van der Waals surface area (Å²) in [5.41, 5.74) is 5.29. The summed E-state index contributed by atoms with van der Waals surface area (Å²) in [6.07, 6.45) is 2.89. The second kappa shape index (κ2) is 15.2. The number of hydrogen-bond donors (Lipinski definition) is 3. The normalized spacial score (nSPS) is 13.4. The Balaban J connectivity index is 0.00000253. The molecule has 0 saturated carbocycles. The predicted octanol–water partition coefficient (Wildman–Crippen LogP) is 3.89. The molecule has 0 atom stereocenters. The van der Waals surface area contributed by atoms with Crippen LogP contribution in [0.15, 0.2) is 77.7 Å². The first-order valence-electron chi connectivity index (χ1n) is 12.4. The molecule has 10 heteroatoms. The smallest absolute Gasteiger partial charge is 0.238 e. The molecule has 0 bridgehead atoms. The molecule has 1 fully saturated rings. The Morgan fingerprint density at radius 2 is 1.39 bits per heavy atom. The number of hydrogen-bond acceptors (Lipinski definition) is 5. The second-order valence-corrected chi connectivity index (χ2v) is 10.8. The highest BCUT2D eigenvalue weighted by Gasteiger charge is 2.12. The molecule has 3 aromatic carbocycles. The number of nitrogens with zero attached hydrogens (tertiary/aromatic N) is 1. The van der Waals surface area contributed by atoms with Gasteiger partial charge in [0.15, 0.2) is 0 Å². The molecule has 0 spiro atoms. The molecule has 1 heterocycles. The number of nitrogens with two attached hydrogens (primary N) is 1. The summed E-state index contributed by atoms with van der Waals surface area (Å²) in [5, 5.41) is 11.6. The molecule has 206 valence electrons. The zero-order valence-electron chi connectivity index (χ0n) is 21.3. The van der Waals surface area contributed by atoms with Gasteiger partial charge < -0.3 is 15.5 Å². The molecule has 1 amide bonds. The van der Waals surface area contributed by atoms with Gasteiger partial charge in [-0.25, -0.2) is 13.6 Å². The fourth-order valence-electron chi connectivity index (χ4n) is 4.48. The van der Waals surface area contributed by atoms with E-state index in [9.17, 15) is 13.2 Å². The van der Waals surface area contributed by atoms with Gasteiger partial charge in [-0.1, -0.05) is 54.6 Å². The van der Waals surface area contributed by atoms with E-state index in [4.69, 9.17) is 5.14 Å². The highest BCUT2D eigenvalue weighted by Crippen LogP contribution is 2.22. The number of carbonyl (C=O) groups excluding carboxylic acids is 1. The number of carbonyl (C=O) groups is 1. The third-order valence-corrected chi connectivity index (χ3v) is 7.34. The number of benzene rings is 3. The van der Waals surface area contributed by atoms with Crippen molar-refractivity contribution >= 4 is 40.7 Å². The maximum atomic E-state index is 12.4. The van der Waals surface area contributed by atoms with Crippen LogP contribution in [-0.4, -0.2) is 45.4 Å². The van der Waals surface area contributed by atoms with Crippen LogP contribution in [0.3, 0.4) is 0 Å². The van der Waals surface area contributed by atoms with Crippen molar-refractivity contribution in [3.8, 4) is 11.1 Å². The van der Waals surface area contributed by atoms with Gasteiger partial charge in [-0.3, -0.25) is 4.79 Å². The zero-order valence-corrected chi connectivity index (χ0v) is 23.7. The van der Waals surface area contributed by atoms with Crippen LogP contribution >= 0.6 is 24.8 Å². The molecular formula is C28H36Cl2N4O3S. The lowest BCUT2D eigenvalue weighted by Crippen LogP contribution is -2.34. The number of amides is 1. The molecule has 7 nitrogen and oxygen atoms in total. The van der Waals surface area contributed by atoms with Gasteiger partial charge in [0.25, 0.3) is 0 Å². The first kappa shape index (κ1) is 31.8. The average Bonchev–Trinajstić information content (AvgIpc) is 3.38. The van der Waals surface area contributed by atoms with Crippen LogP contribution in [0.5, 0.6) is 0 Å². The second-order valence-electron chi connectivity index (χ2n) is 9.27. The summed E-state index contributed by atoms with van der Waals surface area (Å²) in [6, 6.07) is 23.0. The lowest BCUT2D eigenvalue weighted by atomic mass is 10.00. The van der Waals surface area contributed by atoms with Crippen molar-refractivity contribution in [3.63, 3.8) is 0 Å². The molecule has 1 aliphatic rings. The van der Waals surface area contributed by atoms with Crippen molar-refractivity contribution in [3.05, 3.63) is 89.5 Å². The fraction of sp³-hybridized carbons (Fsp3) is 0.321. The minimum absolute atomic E-state index is 0.